The van der Waals surface area contributed by atoms with Gasteiger partial charge < -0.3 is 21.1 Å². The van der Waals surface area contributed by atoms with Gasteiger partial charge >= 0.3 is 10.4 Å². The van der Waals surface area contributed by atoms with E-state index in [1.807, 2.05) is 0 Å². The number of aromatic nitrogens is 3. The highest BCUT2D eigenvalue weighted by Gasteiger charge is 2.21. The normalized spacial score (nSPS) is 11.8. The van der Waals surface area contributed by atoms with Crippen LogP contribution in [0.15, 0.2) is 90.5 Å². The second-order valence-electron chi connectivity index (χ2n) is 10.8. The maximum atomic E-state index is 12.8. The molecule has 5 rings (SSSR count). The highest BCUT2D eigenvalue weighted by atomic mass is 32.3. The van der Waals surface area contributed by atoms with E-state index in [-0.39, 0.29) is 67.2 Å². The number of nitriles is 1. The molecule has 0 unspecified atom stereocenters. The standard InChI is InChI=1S/C29H26N10O16S5/c1-31-25-23(58-55-52-43)10-15-9-18(56-53-50-41)13-21(40)24(15)26(25)39-38-20-6-5-17(12-22(20)57-54-51-42)34-29-36-27(32-14-30)35-28(37-29)33-16-3-2-4-19(11-16)59(44,45)8-7-49-60(46,47)48/h2-6,9-13,31,40-43H,7-8H2,1H3,(H,46,47,48)(H3,32,33,34,35,36,37). The molecule has 0 atom stereocenters. The Hall–Kier alpha value is -5.25. The van der Waals surface area contributed by atoms with Gasteiger partial charge in [-0.15, -0.1) is 23.2 Å². The van der Waals surface area contributed by atoms with Gasteiger partial charge in [0.05, 0.1) is 74.2 Å². The number of azo groups is 1. The van der Waals surface area contributed by atoms with Crippen molar-refractivity contribution in [1.82, 2.24) is 15.0 Å². The summed E-state index contributed by atoms with van der Waals surface area (Å²) in [6.45, 7) is -0.835. The maximum absolute atomic E-state index is 12.8. The number of sulfone groups is 1. The van der Waals surface area contributed by atoms with Crippen LogP contribution in [0.1, 0.15) is 0 Å². The lowest BCUT2D eigenvalue weighted by Crippen LogP contribution is -2.15. The zero-order valence-corrected chi connectivity index (χ0v) is 33.7. The van der Waals surface area contributed by atoms with Gasteiger partial charge in [-0.25, -0.2) is 28.4 Å². The van der Waals surface area contributed by atoms with E-state index in [1.165, 1.54) is 48.5 Å². The molecule has 0 amide bonds. The fourth-order valence-electron chi connectivity index (χ4n) is 4.89. The van der Waals surface area contributed by atoms with E-state index in [1.54, 1.807) is 25.4 Å². The van der Waals surface area contributed by atoms with Gasteiger partial charge in [0.2, 0.25) is 17.8 Å². The molecular weight excluding hydrogens is 905 g/mol. The van der Waals surface area contributed by atoms with Gasteiger partial charge in [-0.2, -0.15) is 28.6 Å². The SMILES string of the molecule is CNc1c(SOOO)cc2cc(SOOO)cc(O)c2c1N=Nc1ccc(Nc2nc(NC#N)nc(Nc3cccc(S(=O)(=O)CCOS(=O)(=O)O)c3)n2)cc1SOOO. The summed E-state index contributed by atoms with van der Waals surface area (Å²) in [7, 11) is -7.39. The summed E-state index contributed by atoms with van der Waals surface area (Å²) >= 11 is 1.67. The van der Waals surface area contributed by atoms with Crippen LogP contribution < -0.4 is 21.3 Å². The molecule has 9 N–H and O–H groups in total. The zero-order chi connectivity index (χ0) is 43.3. The fraction of sp³-hybridized carbons (Fsp3) is 0.103. The molecule has 5 aromatic rings. The molecule has 1 aromatic heterocycles. The van der Waals surface area contributed by atoms with Crippen molar-refractivity contribution in [2.75, 3.05) is 40.7 Å². The number of nitrogens with one attached hydrogen (secondary N) is 4. The quantitative estimate of drug-likeness (QED) is 0.00685. The summed E-state index contributed by atoms with van der Waals surface area (Å²) in [6.07, 6.45) is 1.68. The van der Waals surface area contributed by atoms with Gasteiger partial charge in [-0.1, -0.05) is 21.2 Å². The molecule has 318 valence electrons. The summed E-state index contributed by atoms with van der Waals surface area (Å²) in [5.74, 6) is -1.60. The van der Waals surface area contributed by atoms with E-state index in [0.717, 1.165) is 0 Å². The first-order valence-electron chi connectivity index (χ1n) is 15.7. The predicted molar refractivity (Wildman–Crippen MR) is 209 cm³/mol. The first-order valence-corrected chi connectivity index (χ1v) is 20.9. The number of benzene rings is 4. The zero-order valence-electron chi connectivity index (χ0n) is 29.6. The maximum Gasteiger partial charge on any atom is 0.397 e. The molecule has 26 nitrogen and oxygen atoms in total. The van der Waals surface area contributed by atoms with Gasteiger partial charge in [-0.05, 0) is 60.0 Å². The minimum absolute atomic E-state index is 0.0712. The van der Waals surface area contributed by atoms with E-state index in [9.17, 15) is 27.2 Å². The number of aromatic hydroxyl groups is 1. The van der Waals surface area contributed by atoms with Crippen molar-refractivity contribution in [2.45, 2.75) is 19.6 Å². The van der Waals surface area contributed by atoms with E-state index >= 15 is 0 Å². The number of phenols is 1. The Morgan fingerprint density at radius 1 is 0.800 bits per heavy atom. The third-order valence-electron chi connectivity index (χ3n) is 7.16. The van der Waals surface area contributed by atoms with Crippen molar-refractivity contribution in [2.24, 2.45) is 10.2 Å². The molecule has 31 heteroatoms. The Kier molecular flexibility index (Phi) is 16.3. The van der Waals surface area contributed by atoms with Crippen molar-refractivity contribution in [1.29, 1.82) is 5.26 Å². The van der Waals surface area contributed by atoms with Crippen LogP contribution in [-0.4, -0.2) is 76.6 Å². The van der Waals surface area contributed by atoms with Gasteiger partial charge in [0.15, 0.2) is 16.0 Å². The van der Waals surface area contributed by atoms with Crippen LogP contribution in [0.4, 0.5) is 46.3 Å². The van der Waals surface area contributed by atoms with E-state index in [2.05, 4.69) is 78.7 Å². The average molecular weight is 931 g/mol. The molecule has 0 fully saturated rings. The Morgan fingerprint density at radius 2 is 1.45 bits per heavy atom. The van der Waals surface area contributed by atoms with Crippen molar-refractivity contribution in [3.05, 3.63) is 60.7 Å². The molecule has 0 aliphatic carbocycles. The molecule has 1 heterocycles. The predicted octanol–water partition coefficient (Wildman–Crippen LogP) is 6.45. The summed E-state index contributed by atoms with van der Waals surface area (Å²) in [6, 6.07) is 14.1. The van der Waals surface area contributed by atoms with Crippen LogP contribution in [0.2, 0.25) is 0 Å². The van der Waals surface area contributed by atoms with Gasteiger partial charge in [-0.3, -0.25) is 9.87 Å². The largest absolute Gasteiger partial charge is 0.507 e. The van der Waals surface area contributed by atoms with E-state index in [4.69, 9.17) is 20.3 Å². The van der Waals surface area contributed by atoms with Crippen LogP contribution in [0.5, 0.6) is 5.75 Å². The third kappa shape index (κ3) is 12.6. The summed E-state index contributed by atoms with van der Waals surface area (Å²) in [5.41, 5.74) is 0.890. The van der Waals surface area contributed by atoms with Crippen molar-refractivity contribution in [3.8, 4) is 11.9 Å². The first kappa shape index (κ1) is 45.8. The van der Waals surface area contributed by atoms with E-state index < -0.39 is 32.6 Å². The van der Waals surface area contributed by atoms with Crippen molar-refractivity contribution < 1.29 is 74.6 Å². The second-order valence-corrected chi connectivity index (χ2v) is 16.3. The van der Waals surface area contributed by atoms with Crippen LogP contribution in [0, 0.1) is 11.5 Å². The molecule has 0 aliphatic heterocycles. The number of anilines is 6. The summed E-state index contributed by atoms with van der Waals surface area (Å²) < 4.78 is 73.8. The monoisotopic (exact) mass is 930 g/mol. The number of rotatable bonds is 22. The van der Waals surface area contributed by atoms with Crippen LogP contribution in [-0.2, 0) is 52.5 Å². The Labute approximate surface area is 349 Å². The van der Waals surface area contributed by atoms with Gasteiger partial charge in [0.25, 0.3) is 0 Å². The number of hydrogen-bond donors (Lipinski definition) is 9. The van der Waals surface area contributed by atoms with Gasteiger partial charge in [0, 0.05) is 23.3 Å². The lowest BCUT2D eigenvalue weighted by atomic mass is 10.1. The van der Waals surface area contributed by atoms with E-state index in [0.29, 0.717) is 51.3 Å². The molecule has 0 bridgehead atoms. The smallest absolute Gasteiger partial charge is 0.397 e. The van der Waals surface area contributed by atoms with Crippen molar-refractivity contribution >= 4 is 113 Å². The van der Waals surface area contributed by atoms with Crippen LogP contribution in [0.3, 0.4) is 0 Å². The number of hydrogen-bond acceptors (Lipinski definition) is 28. The molecule has 0 saturated heterocycles. The molecule has 0 aliphatic rings. The molecular formula is C29H26N10O16S5. The molecule has 4 aromatic carbocycles. The molecule has 60 heavy (non-hydrogen) atoms. The first-order chi connectivity index (χ1) is 28.8. The molecule has 0 spiro atoms. The number of phenolic OH excluding ortho intramolecular Hbond substituents is 1. The lowest BCUT2D eigenvalue weighted by Gasteiger charge is -2.15. The van der Waals surface area contributed by atoms with Gasteiger partial charge in [0.1, 0.15) is 17.1 Å². The lowest BCUT2D eigenvalue weighted by molar-refractivity contribution is -0.432. The minimum Gasteiger partial charge on any atom is -0.507 e. The Morgan fingerprint density at radius 3 is 2.10 bits per heavy atom. The number of fused-ring (bicyclic) bond motifs is 1. The highest BCUT2D eigenvalue weighted by molar-refractivity contribution is 7.95. The molecule has 0 saturated carbocycles. The van der Waals surface area contributed by atoms with Crippen LogP contribution in [0.25, 0.3) is 10.8 Å². The van der Waals surface area contributed by atoms with Crippen molar-refractivity contribution in [3.63, 3.8) is 0 Å². The van der Waals surface area contributed by atoms with Crippen LogP contribution >= 0.6 is 36.1 Å². The topological polar surface area (TPSA) is 369 Å². The number of nitrogens with zero attached hydrogens (tertiary/aromatic N) is 6. The second kappa shape index (κ2) is 21.3. The minimum atomic E-state index is -4.85. The fourth-order valence-corrected chi connectivity index (χ4v) is 7.90. The third-order valence-corrected chi connectivity index (χ3v) is 11.1. The Balaban J connectivity index is 1.47. The Bertz CT molecular complexity index is 2620. The molecule has 0 radical (unpaired) electrons. The highest BCUT2D eigenvalue weighted by Crippen LogP contribution is 2.47. The summed E-state index contributed by atoms with van der Waals surface area (Å²) in [5, 5.41) is 77.9. The average Bonchev–Trinajstić information content (AvgIpc) is 3.20. The summed E-state index contributed by atoms with van der Waals surface area (Å²) in [4.78, 5) is 13.1.